The van der Waals surface area contributed by atoms with Crippen LogP contribution in [0.1, 0.15) is 113 Å². The standard InChI is InChI=1S/C43H74O14/c1-21(2)43(20-46)16-15-42(8,57-43)29-22-9-10-27-39(5)13-12-28(38(3,4)26(39)11-14-40(27,6)41(22,7)17-23(29)47)55-37-35(33(51)31(49)25(19-45)54-37)56-36-34(52)32(50)30(48)24(18-44)53-36/h21-37,44-52H,9-20H2,1-8H3/t22-,23-,24-,25-,26+,27-,28+,29-,30-,31-,32+,33+,34-,35-,36+,37+,39+,40-,41-,42+,43-/m1/s1. The summed E-state index contributed by atoms with van der Waals surface area (Å²) in [4.78, 5) is 0. The molecule has 0 spiro atoms. The summed E-state index contributed by atoms with van der Waals surface area (Å²) in [5, 5.41) is 96.0. The molecule has 3 heterocycles. The summed E-state index contributed by atoms with van der Waals surface area (Å²) in [5.74, 6) is 1.08. The molecule has 3 aliphatic heterocycles. The predicted molar refractivity (Wildman–Crippen MR) is 205 cm³/mol. The van der Waals surface area contributed by atoms with Crippen molar-refractivity contribution in [3.8, 4) is 0 Å². The highest BCUT2D eigenvalue weighted by molar-refractivity contribution is 5.21. The molecule has 7 aliphatic rings. The Hall–Kier alpha value is -0.560. The quantitative estimate of drug-likeness (QED) is 0.151. The Balaban J connectivity index is 1.11. The van der Waals surface area contributed by atoms with E-state index in [-0.39, 0.29) is 46.7 Å². The van der Waals surface area contributed by atoms with Gasteiger partial charge in [-0.15, -0.1) is 0 Å². The third-order valence-electron chi connectivity index (χ3n) is 18.1. The lowest BCUT2D eigenvalue weighted by Crippen LogP contribution is -2.66. The molecule has 21 atom stereocenters. The van der Waals surface area contributed by atoms with Crippen LogP contribution < -0.4 is 0 Å². The lowest BCUT2D eigenvalue weighted by molar-refractivity contribution is -0.378. The molecule has 9 N–H and O–H groups in total. The van der Waals surface area contributed by atoms with Gasteiger partial charge in [-0.1, -0.05) is 48.5 Å². The molecular weight excluding hydrogens is 740 g/mol. The molecule has 0 bridgehead atoms. The molecule has 0 aromatic heterocycles. The number of fused-ring (bicyclic) bond motifs is 5. The first kappa shape index (κ1) is 44.5. The molecule has 14 nitrogen and oxygen atoms in total. The topological polar surface area (TPSA) is 228 Å². The van der Waals surface area contributed by atoms with Gasteiger partial charge >= 0.3 is 0 Å². The highest BCUT2D eigenvalue weighted by Gasteiger charge is 2.72. The van der Waals surface area contributed by atoms with Crippen molar-refractivity contribution in [2.45, 2.75) is 198 Å². The summed E-state index contributed by atoms with van der Waals surface area (Å²) in [7, 11) is 0. The molecule has 0 amide bonds. The minimum Gasteiger partial charge on any atom is -0.394 e. The minimum atomic E-state index is -1.75. The van der Waals surface area contributed by atoms with Crippen LogP contribution in [0.2, 0.25) is 0 Å². The highest BCUT2D eigenvalue weighted by atomic mass is 16.8. The first-order valence-corrected chi connectivity index (χ1v) is 21.8. The van der Waals surface area contributed by atoms with E-state index in [0.29, 0.717) is 18.3 Å². The molecule has 0 aromatic carbocycles. The molecule has 4 saturated carbocycles. The van der Waals surface area contributed by atoms with Gasteiger partial charge in [-0.2, -0.15) is 0 Å². The van der Waals surface area contributed by atoms with E-state index < -0.39 is 97.3 Å². The molecule has 0 aromatic rings. The Bertz CT molecular complexity index is 1430. The van der Waals surface area contributed by atoms with Crippen LogP contribution in [0.4, 0.5) is 0 Å². The van der Waals surface area contributed by atoms with E-state index in [9.17, 15) is 46.0 Å². The summed E-state index contributed by atoms with van der Waals surface area (Å²) in [6.45, 7) is 16.9. The second-order valence-electron chi connectivity index (χ2n) is 21.2. The predicted octanol–water partition coefficient (Wildman–Crippen LogP) is 1.61. The minimum absolute atomic E-state index is 0.0104. The van der Waals surface area contributed by atoms with Crippen LogP contribution in [0.25, 0.3) is 0 Å². The number of rotatable bonds is 9. The Morgan fingerprint density at radius 2 is 1.26 bits per heavy atom. The van der Waals surface area contributed by atoms with Gasteiger partial charge in [0.25, 0.3) is 0 Å². The third kappa shape index (κ3) is 6.64. The molecule has 57 heavy (non-hydrogen) atoms. The molecule has 14 heteroatoms. The lowest BCUT2D eigenvalue weighted by atomic mass is 9.35. The Morgan fingerprint density at radius 3 is 1.86 bits per heavy atom. The van der Waals surface area contributed by atoms with Crippen molar-refractivity contribution in [2.75, 3.05) is 19.8 Å². The zero-order valence-electron chi connectivity index (χ0n) is 35.4. The Morgan fingerprint density at radius 1 is 0.632 bits per heavy atom. The van der Waals surface area contributed by atoms with Gasteiger partial charge in [0.05, 0.1) is 43.2 Å². The smallest absolute Gasteiger partial charge is 0.187 e. The number of aliphatic hydroxyl groups excluding tert-OH is 9. The van der Waals surface area contributed by atoms with Crippen molar-refractivity contribution in [1.29, 1.82) is 0 Å². The van der Waals surface area contributed by atoms with Gasteiger partial charge in [0, 0.05) is 5.92 Å². The number of hydrogen-bond acceptors (Lipinski definition) is 14. The largest absolute Gasteiger partial charge is 0.394 e. The molecule has 0 radical (unpaired) electrons. The summed E-state index contributed by atoms with van der Waals surface area (Å²) in [5.41, 5.74) is -1.69. The molecule has 3 saturated heterocycles. The van der Waals surface area contributed by atoms with Crippen molar-refractivity contribution in [2.24, 2.45) is 51.2 Å². The average molecular weight is 815 g/mol. The van der Waals surface area contributed by atoms with E-state index in [1.807, 2.05) is 0 Å². The maximum atomic E-state index is 12.0. The summed E-state index contributed by atoms with van der Waals surface area (Å²) >= 11 is 0. The van der Waals surface area contributed by atoms with Crippen LogP contribution in [-0.4, -0.2) is 151 Å². The zero-order valence-corrected chi connectivity index (χ0v) is 35.4. The molecule has 4 aliphatic carbocycles. The number of hydrogen-bond donors (Lipinski definition) is 9. The lowest BCUT2D eigenvalue weighted by Gasteiger charge is -2.70. The highest BCUT2D eigenvalue weighted by Crippen LogP contribution is 2.76. The van der Waals surface area contributed by atoms with Gasteiger partial charge in [0.2, 0.25) is 0 Å². The zero-order chi connectivity index (χ0) is 41.8. The molecule has 330 valence electrons. The third-order valence-corrected chi connectivity index (χ3v) is 18.1. The molecular formula is C43H74O14. The maximum absolute atomic E-state index is 12.0. The van der Waals surface area contributed by atoms with E-state index in [1.54, 1.807) is 0 Å². The van der Waals surface area contributed by atoms with Gasteiger partial charge in [-0.05, 0) is 110 Å². The van der Waals surface area contributed by atoms with Crippen LogP contribution in [0, 0.1) is 51.2 Å². The fourth-order valence-corrected chi connectivity index (χ4v) is 14.6. The Kier molecular flexibility index (Phi) is 12.0. The molecule has 7 rings (SSSR count). The van der Waals surface area contributed by atoms with Crippen LogP contribution in [0.3, 0.4) is 0 Å². The Labute approximate surface area is 338 Å². The second-order valence-corrected chi connectivity index (χ2v) is 21.2. The van der Waals surface area contributed by atoms with Crippen molar-refractivity contribution in [3.63, 3.8) is 0 Å². The SMILES string of the molecule is CC(C)[C@]1(CO)CC[C@@](C)([C@H]2[C@H](O)C[C@]3(C)[C@@H]2CC[C@@H]2[C@@]4(C)CC[C@H](O[C@@H]5O[C@H](CO)[C@@H](O)[C@H](O)[C@H]5O[C@@H]5O[C@H](CO)[C@@H](O)[C@H](O)[C@H]5O)C(C)(C)[C@@H]4CC[C@]23C)O1. The summed E-state index contributed by atoms with van der Waals surface area (Å²) < 4.78 is 31.4. The van der Waals surface area contributed by atoms with Crippen LogP contribution in [0.15, 0.2) is 0 Å². The van der Waals surface area contributed by atoms with Crippen molar-refractivity contribution < 1.29 is 69.6 Å². The van der Waals surface area contributed by atoms with Gasteiger partial charge in [-0.25, -0.2) is 0 Å². The van der Waals surface area contributed by atoms with Crippen LogP contribution >= 0.6 is 0 Å². The fourth-order valence-electron chi connectivity index (χ4n) is 14.6. The van der Waals surface area contributed by atoms with Crippen molar-refractivity contribution in [3.05, 3.63) is 0 Å². The molecule has 0 unspecified atom stereocenters. The van der Waals surface area contributed by atoms with Gasteiger partial charge in [-0.3, -0.25) is 0 Å². The van der Waals surface area contributed by atoms with Gasteiger partial charge in [0.1, 0.15) is 48.8 Å². The van der Waals surface area contributed by atoms with Crippen molar-refractivity contribution in [1.82, 2.24) is 0 Å². The fraction of sp³-hybridized carbons (Fsp3) is 1.00. The number of ether oxygens (including phenoxy) is 5. The van der Waals surface area contributed by atoms with Crippen LogP contribution in [0.5, 0.6) is 0 Å². The maximum Gasteiger partial charge on any atom is 0.187 e. The average Bonchev–Trinajstić information content (AvgIpc) is 3.66. The van der Waals surface area contributed by atoms with Crippen molar-refractivity contribution >= 4 is 0 Å². The van der Waals surface area contributed by atoms with E-state index in [2.05, 4.69) is 55.4 Å². The van der Waals surface area contributed by atoms with Crippen LogP contribution in [-0.2, 0) is 23.7 Å². The second kappa shape index (κ2) is 15.4. The summed E-state index contributed by atoms with van der Waals surface area (Å²) in [6.07, 6.45) is -8.05. The summed E-state index contributed by atoms with van der Waals surface area (Å²) in [6, 6.07) is 0. The first-order chi connectivity index (χ1) is 26.6. The van der Waals surface area contributed by atoms with Gasteiger partial charge in [0.15, 0.2) is 12.6 Å². The molecule has 7 fully saturated rings. The van der Waals surface area contributed by atoms with E-state index in [1.165, 1.54) is 0 Å². The van der Waals surface area contributed by atoms with E-state index in [4.69, 9.17) is 23.7 Å². The number of aliphatic hydroxyl groups is 9. The first-order valence-electron chi connectivity index (χ1n) is 21.8. The monoisotopic (exact) mass is 815 g/mol. The van der Waals surface area contributed by atoms with E-state index >= 15 is 0 Å². The normalized spacial score (nSPS) is 56.3. The van der Waals surface area contributed by atoms with Gasteiger partial charge < -0.3 is 69.6 Å². The van der Waals surface area contributed by atoms with E-state index in [0.717, 1.165) is 51.4 Å².